The lowest BCUT2D eigenvalue weighted by molar-refractivity contribution is -0.199. The average molecular weight is 671 g/mol. The van der Waals surface area contributed by atoms with Crippen molar-refractivity contribution in [2.75, 3.05) is 25.5 Å². The number of amides is 2. The number of fused-ring (bicyclic) bond motifs is 2. The molecule has 248 valence electrons. The zero-order chi connectivity index (χ0) is 33.2. The Labute approximate surface area is 278 Å². The van der Waals surface area contributed by atoms with Crippen LogP contribution in [0.25, 0.3) is 0 Å². The molecule has 0 bridgehead atoms. The lowest BCUT2D eigenvalue weighted by Gasteiger charge is -2.29. The highest BCUT2D eigenvalue weighted by molar-refractivity contribution is 8.77. The Morgan fingerprint density at radius 1 is 1.02 bits per heavy atom. The van der Waals surface area contributed by atoms with E-state index >= 15 is 0 Å². The summed E-state index contributed by atoms with van der Waals surface area (Å²) in [5.74, 6) is 6.55. The smallest absolute Gasteiger partial charge is 0.441 e. The molecule has 10 nitrogen and oxygen atoms in total. The molecule has 1 fully saturated rings. The number of aliphatic hydroxyl groups is 1. The van der Waals surface area contributed by atoms with Crippen LogP contribution in [-0.2, 0) is 30.3 Å². The average Bonchev–Trinajstić information content (AvgIpc) is 3.31. The monoisotopic (exact) mass is 670 g/mol. The Balaban J connectivity index is 1.12. The SMILES string of the molecule is CC(C)(CCNC(=O)OC1Cc2ccccc2C#Cc2ccccc21)OCCC(C)(C)SSCCOC(=O)ON1C(=O)CCC1O. The summed E-state index contributed by atoms with van der Waals surface area (Å²) in [6.45, 7) is 9.28. The molecule has 12 heteroatoms. The summed E-state index contributed by atoms with van der Waals surface area (Å²) in [5, 5.41) is 13.2. The zero-order valence-electron chi connectivity index (χ0n) is 26.7. The van der Waals surface area contributed by atoms with Gasteiger partial charge in [0.25, 0.3) is 5.91 Å². The summed E-state index contributed by atoms with van der Waals surface area (Å²) >= 11 is 0. The molecule has 2 N–H and O–H groups in total. The third kappa shape index (κ3) is 10.9. The minimum atomic E-state index is -1.12. The maximum atomic E-state index is 12.9. The van der Waals surface area contributed by atoms with E-state index in [1.54, 1.807) is 21.6 Å². The molecule has 1 aliphatic heterocycles. The number of alkyl carbamates (subject to hydrolysis) is 1. The minimum absolute atomic E-state index is 0.105. The van der Waals surface area contributed by atoms with Gasteiger partial charge in [-0.2, -0.15) is 0 Å². The first-order valence-electron chi connectivity index (χ1n) is 15.4. The molecule has 2 amide bonds. The predicted octanol–water partition coefficient (Wildman–Crippen LogP) is 6.15. The highest BCUT2D eigenvalue weighted by Gasteiger charge is 2.33. The highest BCUT2D eigenvalue weighted by atomic mass is 33.1. The van der Waals surface area contributed by atoms with Gasteiger partial charge in [-0.05, 0) is 58.2 Å². The molecule has 0 radical (unpaired) electrons. The molecule has 46 heavy (non-hydrogen) atoms. The molecular formula is C34H42N2O8S2. The minimum Gasteiger partial charge on any atom is -0.441 e. The fraction of sp³-hybridized carbons (Fsp3) is 0.500. The number of hydrogen-bond donors (Lipinski definition) is 2. The van der Waals surface area contributed by atoms with E-state index in [0.717, 1.165) is 28.7 Å². The molecule has 2 aliphatic rings. The number of nitrogens with one attached hydrogen (secondary N) is 1. The van der Waals surface area contributed by atoms with Crippen molar-refractivity contribution in [2.24, 2.45) is 0 Å². The van der Waals surface area contributed by atoms with Crippen LogP contribution in [0.1, 0.15) is 81.7 Å². The van der Waals surface area contributed by atoms with Crippen LogP contribution in [0.2, 0.25) is 0 Å². The molecular weight excluding hydrogens is 629 g/mol. The standard InChI is InChI=1S/C34H42N2O8S2/c1-33(2,42-20-18-34(3,4)46-45-22-21-41-32(40)44-36-29(37)15-16-30(36)38)17-19-35-31(39)43-28-23-26-11-6-5-9-24(26)13-14-25-10-7-8-12-27(25)28/h5-12,28-29,37H,15-23H2,1-4H3,(H,35,39). The van der Waals surface area contributed by atoms with Crippen LogP contribution < -0.4 is 5.32 Å². The van der Waals surface area contributed by atoms with Crippen molar-refractivity contribution in [3.63, 3.8) is 0 Å². The van der Waals surface area contributed by atoms with Crippen molar-refractivity contribution in [1.82, 2.24) is 10.4 Å². The number of ether oxygens (including phenoxy) is 3. The largest absolute Gasteiger partial charge is 0.533 e. The molecule has 1 saturated heterocycles. The number of benzene rings is 2. The second kappa shape index (κ2) is 16.5. The summed E-state index contributed by atoms with van der Waals surface area (Å²) < 4.78 is 17.0. The van der Waals surface area contributed by atoms with E-state index in [2.05, 4.69) is 31.0 Å². The molecule has 0 saturated carbocycles. The van der Waals surface area contributed by atoms with Crippen LogP contribution in [0.4, 0.5) is 9.59 Å². The van der Waals surface area contributed by atoms with Crippen molar-refractivity contribution in [1.29, 1.82) is 0 Å². The normalized spacial score (nSPS) is 17.5. The number of carbonyl (C=O) groups excluding carboxylic acids is 3. The van der Waals surface area contributed by atoms with Gasteiger partial charge in [0.05, 0.1) is 5.60 Å². The van der Waals surface area contributed by atoms with Gasteiger partial charge in [-0.1, -0.05) is 69.8 Å². The van der Waals surface area contributed by atoms with E-state index in [1.807, 2.05) is 62.4 Å². The molecule has 1 aliphatic carbocycles. The molecule has 0 spiro atoms. The fourth-order valence-electron chi connectivity index (χ4n) is 4.81. The Hall–Kier alpha value is -3.37. The molecule has 2 aromatic carbocycles. The van der Waals surface area contributed by atoms with E-state index in [1.165, 1.54) is 0 Å². The number of aliphatic hydroxyl groups excluding tert-OH is 1. The number of hydrogen-bond acceptors (Lipinski definition) is 10. The predicted molar refractivity (Wildman–Crippen MR) is 178 cm³/mol. The van der Waals surface area contributed by atoms with Gasteiger partial charge in [0.15, 0.2) is 6.23 Å². The van der Waals surface area contributed by atoms with Gasteiger partial charge in [0.1, 0.15) is 12.7 Å². The Bertz CT molecular complexity index is 1440. The number of nitrogens with zero attached hydrogens (tertiary/aromatic N) is 1. The van der Waals surface area contributed by atoms with Gasteiger partial charge in [-0.15, -0.1) is 5.06 Å². The maximum absolute atomic E-state index is 12.9. The van der Waals surface area contributed by atoms with Crippen LogP contribution in [0.3, 0.4) is 0 Å². The lowest BCUT2D eigenvalue weighted by Crippen LogP contribution is -2.35. The van der Waals surface area contributed by atoms with Crippen LogP contribution >= 0.6 is 21.6 Å². The van der Waals surface area contributed by atoms with Crippen LogP contribution in [0, 0.1) is 11.8 Å². The van der Waals surface area contributed by atoms with Crippen molar-refractivity contribution in [2.45, 2.75) is 82.5 Å². The first-order chi connectivity index (χ1) is 21.9. The van der Waals surface area contributed by atoms with Crippen molar-refractivity contribution in [3.8, 4) is 11.8 Å². The summed E-state index contributed by atoms with van der Waals surface area (Å²) in [6, 6.07) is 15.7. The fourth-order valence-corrected chi connectivity index (χ4v) is 7.19. The van der Waals surface area contributed by atoms with E-state index in [0.29, 0.717) is 36.8 Å². The van der Waals surface area contributed by atoms with Crippen molar-refractivity contribution < 1.29 is 38.5 Å². The molecule has 2 aromatic rings. The van der Waals surface area contributed by atoms with E-state index in [-0.39, 0.29) is 24.2 Å². The lowest BCUT2D eigenvalue weighted by atomic mass is 9.92. The first-order valence-corrected chi connectivity index (χ1v) is 17.7. The molecule has 2 atom stereocenters. The molecule has 4 rings (SSSR count). The van der Waals surface area contributed by atoms with Crippen molar-refractivity contribution >= 4 is 39.7 Å². The molecule has 0 aromatic heterocycles. The Morgan fingerprint density at radius 3 is 2.50 bits per heavy atom. The van der Waals surface area contributed by atoms with Crippen LogP contribution in [-0.4, -0.2) is 70.4 Å². The number of rotatable bonds is 14. The van der Waals surface area contributed by atoms with Crippen LogP contribution in [0.5, 0.6) is 0 Å². The van der Waals surface area contributed by atoms with Crippen molar-refractivity contribution in [3.05, 3.63) is 70.8 Å². The maximum Gasteiger partial charge on any atom is 0.533 e. The van der Waals surface area contributed by atoms with Gasteiger partial charge in [-0.3, -0.25) is 4.79 Å². The summed E-state index contributed by atoms with van der Waals surface area (Å²) in [6.07, 6.45) is -0.778. The first kappa shape index (κ1) is 35.5. The van der Waals surface area contributed by atoms with E-state index < -0.39 is 36.1 Å². The zero-order valence-corrected chi connectivity index (χ0v) is 28.3. The van der Waals surface area contributed by atoms with Crippen LogP contribution in [0.15, 0.2) is 48.5 Å². The molecule has 1 heterocycles. The van der Waals surface area contributed by atoms with Gasteiger partial charge in [-0.25, -0.2) is 9.59 Å². The highest BCUT2D eigenvalue weighted by Crippen LogP contribution is 2.38. The Kier molecular flexibility index (Phi) is 12.7. The second-order valence-electron chi connectivity index (χ2n) is 12.2. The third-order valence-electron chi connectivity index (χ3n) is 7.48. The molecule has 2 unspecified atom stereocenters. The quantitative estimate of drug-likeness (QED) is 0.105. The summed E-state index contributed by atoms with van der Waals surface area (Å²) in [7, 11) is 3.22. The van der Waals surface area contributed by atoms with E-state index in [4.69, 9.17) is 19.0 Å². The van der Waals surface area contributed by atoms with Gasteiger partial charge in [0, 0.05) is 59.6 Å². The summed E-state index contributed by atoms with van der Waals surface area (Å²) in [5.41, 5.74) is 3.28. The third-order valence-corrected chi connectivity index (χ3v) is 10.8. The van der Waals surface area contributed by atoms with E-state index in [9.17, 15) is 19.5 Å². The number of hydroxylamine groups is 2. The number of carbonyl (C=O) groups is 3. The summed E-state index contributed by atoms with van der Waals surface area (Å²) in [4.78, 5) is 41.0. The van der Waals surface area contributed by atoms with Gasteiger partial charge >= 0.3 is 12.2 Å². The topological polar surface area (TPSA) is 124 Å². The van der Waals surface area contributed by atoms with Gasteiger partial charge in [0.2, 0.25) is 0 Å². The Morgan fingerprint density at radius 2 is 1.74 bits per heavy atom. The second-order valence-corrected chi connectivity index (χ2v) is 15.3. The van der Waals surface area contributed by atoms with Gasteiger partial charge < -0.3 is 29.5 Å².